The molecule has 1 heterocycles. The lowest BCUT2D eigenvalue weighted by molar-refractivity contribution is 0.111. The Morgan fingerprint density at radius 3 is 2.62 bits per heavy atom. The molecule has 0 bridgehead atoms. The van der Waals surface area contributed by atoms with E-state index in [0.717, 1.165) is 30.5 Å². The molecule has 0 atom stereocenters. The number of carbonyl (C=O) groups excluding carboxylic acids is 1. The average molecular weight is 306 g/mol. The maximum atomic E-state index is 11.1. The minimum atomic E-state index is 0.431. The third kappa shape index (κ3) is 4.39. The molecule has 0 radical (unpaired) electrons. The Balaban J connectivity index is 2.10. The van der Waals surface area contributed by atoms with Crippen LogP contribution in [0.25, 0.3) is 0 Å². The van der Waals surface area contributed by atoms with E-state index in [1.807, 2.05) is 28.9 Å². The fraction of sp³-hybridized carbons (Fsp3) is 0.438. The normalized spacial score (nSPS) is 10.8. The molecule has 0 amide bonds. The van der Waals surface area contributed by atoms with E-state index in [1.165, 1.54) is 19.3 Å². The number of hydrogen-bond acceptors (Lipinski definition) is 3. The topological polar surface area (TPSA) is 47.8 Å². The summed E-state index contributed by atoms with van der Waals surface area (Å²) < 4.78 is 1.86. The van der Waals surface area contributed by atoms with Crippen LogP contribution in [-0.4, -0.2) is 21.3 Å². The number of hydrogen-bond donors (Lipinski definition) is 0. The smallest absolute Gasteiger partial charge is 0.172 e. The number of halogens is 1. The first kappa shape index (κ1) is 15.7. The molecule has 0 saturated carbocycles. The molecule has 21 heavy (non-hydrogen) atoms. The Bertz CT molecular complexity index is 578. The Hall–Kier alpha value is -1.68. The van der Waals surface area contributed by atoms with E-state index in [-0.39, 0.29) is 0 Å². The second-order valence-corrected chi connectivity index (χ2v) is 5.56. The maximum absolute atomic E-state index is 11.1. The third-order valence-corrected chi connectivity index (χ3v) is 3.74. The summed E-state index contributed by atoms with van der Waals surface area (Å²) in [5.41, 5.74) is 2.41. The summed E-state index contributed by atoms with van der Waals surface area (Å²) in [5, 5.41) is 8.78. The van der Waals surface area contributed by atoms with Crippen LogP contribution < -0.4 is 0 Å². The zero-order valence-electron chi connectivity index (χ0n) is 12.3. The summed E-state index contributed by atoms with van der Waals surface area (Å²) in [7, 11) is 0. The fourth-order valence-corrected chi connectivity index (χ4v) is 2.41. The largest absolute Gasteiger partial charge is 0.296 e. The molecule has 112 valence electrons. The first-order chi connectivity index (χ1) is 10.2. The molecule has 2 rings (SSSR count). The van der Waals surface area contributed by atoms with E-state index in [4.69, 9.17) is 11.6 Å². The highest BCUT2D eigenvalue weighted by molar-refractivity contribution is 6.30. The summed E-state index contributed by atoms with van der Waals surface area (Å²) in [6, 6.07) is 7.64. The van der Waals surface area contributed by atoms with Gasteiger partial charge in [0.25, 0.3) is 0 Å². The number of nitrogens with zero attached hydrogens (tertiary/aromatic N) is 3. The summed E-state index contributed by atoms with van der Waals surface area (Å²) in [6.07, 6.45) is 6.08. The van der Waals surface area contributed by atoms with E-state index in [2.05, 4.69) is 17.2 Å². The number of unbranched alkanes of at least 4 members (excludes halogenated alkanes) is 3. The van der Waals surface area contributed by atoms with Crippen molar-refractivity contribution in [2.45, 2.75) is 45.6 Å². The molecule has 5 heteroatoms. The monoisotopic (exact) mass is 305 g/mol. The minimum Gasteiger partial charge on any atom is -0.296 e. The van der Waals surface area contributed by atoms with Crippen LogP contribution in [-0.2, 0) is 13.0 Å². The van der Waals surface area contributed by atoms with Gasteiger partial charge in [0.15, 0.2) is 6.29 Å². The number of aryl methyl sites for hydroxylation is 1. The Morgan fingerprint density at radius 2 is 1.95 bits per heavy atom. The van der Waals surface area contributed by atoms with Gasteiger partial charge in [-0.3, -0.25) is 4.79 Å². The van der Waals surface area contributed by atoms with Gasteiger partial charge in [-0.1, -0.05) is 55.1 Å². The first-order valence-electron chi connectivity index (χ1n) is 7.36. The lowest BCUT2D eigenvalue weighted by atomic mass is 10.1. The highest BCUT2D eigenvalue weighted by Gasteiger charge is 2.12. The average Bonchev–Trinajstić information content (AvgIpc) is 2.88. The number of carbonyl (C=O) groups is 1. The maximum Gasteiger partial charge on any atom is 0.172 e. The molecule has 2 aromatic rings. The predicted molar refractivity (Wildman–Crippen MR) is 83.8 cm³/mol. The molecule has 1 aromatic heterocycles. The van der Waals surface area contributed by atoms with Gasteiger partial charge in [0.1, 0.15) is 5.69 Å². The minimum absolute atomic E-state index is 0.431. The van der Waals surface area contributed by atoms with Crippen molar-refractivity contribution in [1.82, 2.24) is 15.0 Å². The van der Waals surface area contributed by atoms with Crippen molar-refractivity contribution >= 4 is 17.9 Å². The number of benzene rings is 1. The molecule has 0 aliphatic heterocycles. The summed E-state index contributed by atoms with van der Waals surface area (Å²) in [4.78, 5) is 11.1. The van der Waals surface area contributed by atoms with Gasteiger partial charge in [-0.2, -0.15) is 0 Å². The van der Waals surface area contributed by atoms with Gasteiger partial charge in [0.2, 0.25) is 0 Å². The van der Waals surface area contributed by atoms with Crippen molar-refractivity contribution in [3.63, 3.8) is 0 Å². The van der Waals surface area contributed by atoms with Crippen LogP contribution in [0, 0.1) is 0 Å². The van der Waals surface area contributed by atoms with Crippen LogP contribution in [0.15, 0.2) is 24.3 Å². The first-order valence-corrected chi connectivity index (χ1v) is 7.74. The van der Waals surface area contributed by atoms with E-state index in [1.54, 1.807) is 0 Å². The Labute approximate surface area is 130 Å². The highest BCUT2D eigenvalue weighted by atomic mass is 35.5. The molecule has 0 N–H and O–H groups in total. The summed E-state index contributed by atoms with van der Waals surface area (Å²) >= 11 is 5.90. The second kappa shape index (κ2) is 7.93. The van der Waals surface area contributed by atoms with Crippen molar-refractivity contribution in [3.05, 3.63) is 46.2 Å². The summed E-state index contributed by atoms with van der Waals surface area (Å²) in [5.74, 6) is 0. The SMILES string of the molecule is CCCCCCn1nnc(C=O)c1Cc1ccc(Cl)cc1. The molecular weight excluding hydrogens is 286 g/mol. The Kier molecular flexibility index (Phi) is 5.93. The van der Waals surface area contributed by atoms with Crippen LogP contribution in [0.4, 0.5) is 0 Å². The second-order valence-electron chi connectivity index (χ2n) is 5.13. The molecule has 0 unspecified atom stereocenters. The molecule has 4 nitrogen and oxygen atoms in total. The van der Waals surface area contributed by atoms with Gasteiger partial charge in [0.05, 0.1) is 5.69 Å². The molecule has 1 aromatic carbocycles. The van der Waals surface area contributed by atoms with Crippen molar-refractivity contribution in [2.24, 2.45) is 0 Å². The highest BCUT2D eigenvalue weighted by Crippen LogP contribution is 2.15. The number of aromatic nitrogens is 3. The zero-order chi connectivity index (χ0) is 15.1. The zero-order valence-corrected chi connectivity index (χ0v) is 13.0. The predicted octanol–water partition coefficient (Wildman–Crippen LogP) is 3.92. The van der Waals surface area contributed by atoms with Crippen molar-refractivity contribution in [2.75, 3.05) is 0 Å². The molecular formula is C16H20ClN3O. The molecule has 0 saturated heterocycles. The standard InChI is InChI=1S/C16H20ClN3O/c1-2-3-4-5-10-20-16(15(12-21)18-19-20)11-13-6-8-14(17)9-7-13/h6-9,12H,2-5,10-11H2,1H3. The van der Waals surface area contributed by atoms with Crippen LogP contribution in [0.1, 0.15) is 54.4 Å². The van der Waals surface area contributed by atoms with E-state index in [0.29, 0.717) is 17.1 Å². The summed E-state index contributed by atoms with van der Waals surface area (Å²) in [6.45, 7) is 3.00. The van der Waals surface area contributed by atoms with Crippen molar-refractivity contribution in [3.8, 4) is 0 Å². The molecule has 0 aliphatic carbocycles. The molecule has 0 aliphatic rings. The van der Waals surface area contributed by atoms with E-state index < -0.39 is 0 Å². The Morgan fingerprint density at radius 1 is 1.19 bits per heavy atom. The number of aldehydes is 1. The van der Waals surface area contributed by atoms with Gasteiger partial charge in [-0.15, -0.1) is 5.10 Å². The lowest BCUT2D eigenvalue weighted by Gasteiger charge is -2.07. The van der Waals surface area contributed by atoms with Crippen LogP contribution in [0.2, 0.25) is 5.02 Å². The molecule has 0 fully saturated rings. The van der Waals surface area contributed by atoms with Crippen LogP contribution >= 0.6 is 11.6 Å². The number of rotatable bonds is 8. The van der Waals surface area contributed by atoms with Crippen molar-refractivity contribution in [1.29, 1.82) is 0 Å². The van der Waals surface area contributed by atoms with Crippen molar-refractivity contribution < 1.29 is 4.79 Å². The molecule has 0 spiro atoms. The van der Waals surface area contributed by atoms with Crippen LogP contribution in [0.5, 0.6) is 0 Å². The van der Waals surface area contributed by atoms with Gasteiger partial charge >= 0.3 is 0 Å². The van der Waals surface area contributed by atoms with Gasteiger partial charge in [0, 0.05) is 18.0 Å². The lowest BCUT2D eigenvalue weighted by Crippen LogP contribution is -2.07. The van der Waals surface area contributed by atoms with E-state index in [9.17, 15) is 4.79 Å². The quantitative estimate of drug-likeness (QED) is 0.548. The third-order valence-electron chi connectivity index (χ3n) is 3.49. The van der Waals surface area contributed by atoms with Gasteiger partial charge in [-0.25, -0.2) is 4.68 Å². The van der Waals surface area contributed by atoms with E-state index >= 15 is 0 Å². The van der Waals surface area contributed by atoms with Gasteiger partial charge < -0.3 is 0 Å². The fourth-order valence-electron chi connectivity index (χ4n) is 2.28. The van der Waals surface area contributed by atoms with Crippen LogP contribution in [0.3, 0.4) is 0 Å². The van der Waals surface area contributed by atoms with Gasteiger partial charge in [-0.05, 0) is 24.1 Å².